The second-order valence-corrected chi connectivity index (χ2v) is 7.09. The van der Waals surface area contributed by atoms with E-state index in [1.807, 2.05) is 12.1 Å². The minimum Gasteiger partial charge on any atom is -0.496 e. The molecule has 6 nitrogen and oxygen atoms in total. The van der Waals surface area contributed by atoms with E-state index in [1.54, 1.807) is 29.2 Å². The summed E-state index contributed by atoms with van der Waals surface area (Å²) in [4.78, 5) is 30.2. The first-order chi connectivity index (χ1) is 13.5. The molecule has 1 aliphatic heterocycles. The largest absolute Gasteiger partial charge is 0.496 e. The smallest absolute Gasteiger partial charge is 0.337 e. The Kier molecular flexibility index (Phi) is 4.73. The van der Waals surface area contributed by atoms with Gasteiger partial charge in [0.15, 0.2) is 0 Å². The van der Waals surface area contributed by atoms with E-state index in [1.165, 1.54) is 14.2 Å². The summed E-state index contributed by atoms with van der Waals surface area (Å²) in [7, 11) is 2.89. The highest BCUT2D eigenvalue weighted by molar-refractivity contribution is 6.31. The van der Waals surface area contributed by atoms with Crippen LogP contribution in [0.15, 0.2) is 36.4 Å². The summed E-state index contributed by atoms with van der Waals surface area (Å²) in [6, 6.07) is 10.4. The quantitative estimate of drug-likeness (QED) is 0.681. The van der Waals surface area contributed by atoms with Gasteiger partial charge in [-0.15, -0.1) is 0 Å². The lowest BCUT2D eigenvalue weighted by molar-refractivity contribution is 0.0600. The maximum absolute atomic E-state index is 13.1. The molecular formula is C21H19ClN2O4. The molecule has 0 fully saturated rings. The summed E-state index contributed by atoms with van der Waals surface area (Å²) in [6.45, 7) is 1.02. The molecule has 0 aliphatic carbocycles. The number of rotatable bonds is 3. The molecule has 0 bridgehead atoms. The van der Waals surface area contributed by atoms with Gasteiger partial charge in [-0.25, -0.2) is 4.79 Å². The number of H-pyrrole nitrogens is 1. The molecule has 28 heavy (non-hydrogen) atoms. The van der Waals surface area contributed by atoms with Crippen molar-refractivity contribution in [2.75, 3.05) is 20.8 Å². The lowest BCUT2D eigenvalue weighted by Crippen LogP contribution is -2.36. The standard InChI is InChI=1S/C21H19ClN2O4/c1-27-19-6-4-13(22)10-15(19)20(25)24-8-7-18-16(11-24)14-9-12(21(26)28-2)3-5-17(14)23-18/h3-6,9-10,23H,7-8,11H2,1-2H3. The zero-order chi connectivity index (χ0) is 19.8. The van der Waals surface area contributed by atoms with E-state index in [0.717, 1.165) is 22.2 Å². The predicted molar refractivity (Wildman–Crippen MR) is 106 cm³/mol. The summed E-state index contributed by atoms with van der Waals surface area (Å²) in [5, 5.41) is 1.41. The highest BCUT2D eigenvalue weighted by atomic mass is 35.5. The SMILES string of the molecule is COC(=O)c1ccc2[nH]c3c(c2c1)CN(C(=O)c1cc(Cl)ccc1OC)CC3. The maximum Gasteiger partial charge on any atom is 0.337 e. The van der Waals surface area contributed by atoms with Crippen LogP contribution in [0.5, 0.6) is 5.75 Å². The maximum atomic E-state index is 13.1. The number of aromatic nitrogens is 1. The lowest BCUT2D eigenvalue weighted by atomic mass is 10.0. The fourth-order valence-electron chi connectivity index (χ4n) is 3.65. The van der Waals surface area contributed by atoms with Crippen LogP contribution < -0.4 is 4.74 Å². The number of carbonyl (C=O) groups is 2. The highest BCUT2D eigenvalue weighted by Crippen LogP contribution is 2.31. The molecule has 7 heteroatoms. The summed E-state index contributed by atoms with van der Waals surface area (Å²) in [5.41, 5.74) is 3.96. The van der Waals surface area contributed by atoms with E-state index in [9.17, 15) is 9.59 Å². The molecule has 1 N–H and O–H groups in total. The molecule has 0 atom stereocenters. The zero-order valence-corrected chi connectivity index (χ0v) is 16.3. The van der Waals surface area contributed by atoms with Gasteiger partial charge in [-0.3, -0.25) is 4.79 Å². The Hall–Kier alpha value is -2.99. The third kappa shape index (κ3) is 3.10. The van der Waals surface area contributed by atoms with Gasteiger partial charge in [0, 0.05) is 46.7 Å². The third-order valence-electron chi connectivity index (χ3n) is 5.08. The Morgan fingerprint density at radius 1 is 1.14 bits per heavy atom. The van der Waals surface area contributed by atoms with Gasteiger partial charge < -0.3 is 19.4 Å². The number of benzene rings is 2. The molecule has 2 aromatic carbocycles. The van der Waals surface area contributed by atoms with Crippen molar-refractivity contribution in [2.45, 2.75) is 13.0 Å². The molecule has 2 heterocycles. The van der Waals surface area contributed by atoms with Crippen molar-refractivity contribution in [2.24, 2.45) is 0 Å². The number of carbonyl (C=O) groups excluding carboxylic acids is 2. The van der Waals surface area contributed by atoms with Crippen molar-refractivity contribution in [3.8, 4) is 5.75 Å². The summed E-state index contributed by atoms with van der Waals surface area (Å²) in [5.74, 6) is -0.0279. The van der Waals surface area contributed by atoms with Crippen LogP contribution in [-0.4, -0.2) is 42.5 Å². The summed E-state index contributed by atoms with van der Waals surface area (Å²) < 4.78 is 10.1. The molecule has 3 aromatic rings. The average Bonchev–Trinajstić information content (AvgIpc) is 3.09. The topological polar surface area (TPSA) is 71.6 Å². The van der Waals surface area contributed by atoms with Gasteiger partial charge in [0.25, 0.3) is 5.91 Å². The number of halogens is 1. The van der Waals surface area contributed by atoms with E-state index in [0.29, 0.717) is 41.4 Å². The van der Waals surface area contributed by atoms with Crippen LogP contribution in [0.25, 0.3) is 10.9 Å². The van der Waals surface area contributed by atoms with E-state index in [-0.39, 0.29) is 11.9 Å². The minimum absolute atomic E-state index is 0.136. The fourth-order valence-corrected chi connectivity index (χ4v) is 3.82. The number of hydrogen-bond acceptors (Lipinski definition) is 4. The second kappa shape index (κ2) is 7.20. The molecule has 0 spiro atoms. The normalized spacial score (nSPS) is 13.3. The molecule has 0 saturated heterocycles. The number of amides is 1. The van der Waals surface area contributed by atoms with E-state index < -0.39 is 0 Å². The van der Waals surface area contributed by atoms with Crippen LogP contribution in [0.4, 0.5) is 0 Å². The van der Waals surface area contributed by atoms with Crippen LogP contribution in [0, 0.1) is 0 Å². The van der Waals surface area contributed by atoms with Crippen molar-refractivity contribution < 1.29 is 19.1 Å². The van der Waals surface area contributed by atoms with E-state index in [2.05, 4.69) is 4.98 Å². The zero-order valence-electron chi connectivity index (χ0n) is 15.5. The fraction of sp³-hybridized carbons (Fsp3) is 0.238. The molecule has 1 aromatic heterocycles. The molecule has 0 saturated carbocycles. The molecule has 1 amide bonds. The highest BCUT2D eigenvalue weighted by Gasteiger charge is 2.27. The van der Waals surface area contributed by atoms with Gasteiger partial charge in [0.05, 0.1) is 25.3 Å². The van der Waals surface area contributed by atoms with Crippen LogP contribution in [0.2, 0.25) is 5.02 Å². The first-order valence-electron chi connectivity index (χ1n) is 8.86. The number of fused-ring (bicyclic) bond motifs is 3. The van der Waals surface area contributed by atoms with Crippen molar-refractivity contribution in [3.63, 3.8) is 0 Å². The third-order valence-corrected chi connectivity index (χ3v) is 5.31. The summed E-state index contributed by atoms with van der Waals surface area (Å²) >= 11 is 6.08. The second-order valence-electron chi connectivity index (χ2n) is 6.66. The number of methoxy groups -OCH3 is 2. The number of nitrogens with one attached hydrogen (secondary N) is 1. The Balaban J connectivity index is 1.70. The molecule has 0 unspecified atom stereocenters. The van der Waals surface area contributed by atoms with E-state index in [4.69, 9.17) is 21.1 Å². The monoisotopic (exact) mass is 398 g/mol. The van der Waals surface area contributed by atoms with Crippen LogP contribution in [0.3, 0.4) is 0 Å². The lowest BCUT2D eigenvalue weighted by Gasteiger charge is -2.28. The van der Waals surface area contributed by atoms with Crippen molar-refractivity contribution in [1.29, 1.82) is 0 Å². The van der Waals surface area contributed by atoms with Crippen molar-refractivity contribution in [1.82, 2.24) is 9.88 Å². The predicted octanol–water partition coefficient (Wildman–Crippen LogP) is 3.82. The Morgan fingerprint density at radius 3 is 2.71 bits per heavy atom. The van der Waals surface area contributed by atoms with Crippen molar-refractivity contribution in [3.05, 3.63) is 63.8 Å². The van der Waals surface area contributed by atoms with Crippen LogP contribution in [0.1, 0.15) is 32.0 Å². The molecule has 4 rings (SSSR count). The number of hydrogen-bond donors (Lipinski definition) is 1. The molecule has 1 aliphatic rings. The first-order valence-corrected chi connectivity index (χ1v) is 9.24. The minimum atomic E-state index is -0.385. The van der Waals surface area contributed by atoms with Gasteiger partial charge in [-0.1, -0.05) is 11.6 Å². The van der Waals surface area contributed by atoms with Crippen molar-refractivity contribution >= 4 is 34.4 Å². The number of aromatic amines is 1. The average molecular weight is 399 g/mol. The first kappa shape index (κ1) is 18.4. The summed E-state index contributed by atoms with van der Waals surface area (Å²) in [6.07, 6.45) is 0.701. The van der Waals surface area contributed by atoms with Crippen LogP contribution >= 0.6 is 11.6 Å². The van der Waals surface area contributed by atoms with Gasteiger partial charge in [0.1, 0.15) is 5.75 Å². The molecular weight excluding hydrogens is 380 g/mol. The number of esters is 1. The van der Waals surface area contributed by atoms with Crippen LogP contribution in [-0.2, 0) is 17.7 Å². The Labute approximate surface area is 167 Å². The van der Waals surface area contributed by atoms with E-state index >= 15 is 0 Å². The van der Waals surface area contributed by atoms with Gasteiger partial charge >= 0.3 is 5.97 Å². The number of ether oxygens (including phenoxy) is 2. The molecule has 0 radical (unpaired) electrons. The van der Waals surface area contributed by atoms with Gasteiger partial charge in [-0.2, -0.15) is 0 Å². The molecule has 144 valence electrons. The Bertz CT molecular complexity index is 1090. The van der Waals surface area contributed by atoms with Gasteiger partial charge in [0.2, 0.25) is 0 Å². The number of nitrogens with zero attached hydrogens (tertiary/aromatic N) is 1. The van der Waals surface area contributed by atoms with Gasteiger partial charge in [-0.05, 0) is 36.4 Å². The Morgan fingerprint density at radius 2 is 1.96 bits per heavy atom.